The van der Waals surface area contributed by atoms with E-state index in [1.54, 1.807) is 0 Å². The fourth-order valence-electron chi connectivity index (χ4n) is 1.00. The summed E-state index contributed by atoms with van der Waals surface area (Å²) in [7, 11) is 0. The van der Waals surface area contributed by atoms with E-state index in [2.05, 4.69) is 16.6 Å². The number of rotatable bonds is 2. The van der Waals surface area contributed by atoms with Crippen LogP contribution in [0, 0.1) is 6.92 Å². The normalized spacial score (nSPS) is 8.75. The van der Waals surface area contributed by atoms with Crippen LogP contribution in [-0.4, -0.2) is 0 Å². The van der Waals surface area contributed by atoms with Crippen molar-refractivity contribution < 1.29 is 0 Å². The van der Waals surface area contributed by atoms with Gasteiger partial charge in [0.2, 0.25) is 0 Å². The third kappa shape index (κ3) is 1.65. The second kappa shape index (κ2) is 3.60. The van der Waals surface area contributed by atoms with Gasteiger partial charge >= 0.3 is 0 Å². The van der Waals surface area contributed by atoms with E-state index in [1.807, 2.05) is 31.2 Å². The number of benzene rings is 1. The standard InChI is InChI=1S/C9H9N3/c1-7-5-3-4-6-9(7)8(2)11-12-10/h3-6H,2H2,1H3. The summed E-state index contributed by atoms with van der Waals surface area (Å²) in [6, 6.07) is 7.66. The molecule has 3 nitrogen and oxygen atoms in total. The minimum atomic E-state index is 0.468. The molecule has 0 atom stereocenters. The van der Waals surface area contributed by atoms with E-state index in [1.165, 1.54) is 0 Å². The summed E-state index contributed by atoms with van der Waals surface area (Å²) in [6.07, 6.45) is 0. The Hall–Kier alpha value is -1.73. The van der Waals surface area contributed by atoms with Crippen molar-refractivity contribution in [1.29, 1.82) is 0 Å². The molecule has 0 unspecified atom stereocenters. The second-order valence-electron chi connectivity index (χ2n) is 2.45. The molecule has 0 N–H and O–H groups in total. The predicted molar refractivity (Wildman–Crippen MR) is 49.4 cm³/mol. The van der Waals surface area contributed by atoms with E-state index < -0.39 is 0 Å². The van der Waals surface area contributed by atoms with Gasteiger partial charge in [-0.2, -0.15) is 0 Å². The molecular formula is C9H9N3. The Labute approximate surface area is 71.0 Å². The maximum atomic E-state index is 8.19. The van der Waals surface area contributed by atoms with Gasteiger partial charge in [-0.05, 0) is 23.6 Å². The molecule has 1 aromatic rings. The Morgan fingerprint density at radius 2 is 2.17 bits per heavy atom. The SMILES string of the molecule is C=C(N=[N+]=[N-])c1ccccc1C. The molecule has 0 aliphatic heterocycles. The van der Waals surface area contributed by atoms with Crippen molar-refractivity contribution in [2.75, 3.05) is 0 Å². The molecule has 0 aliphatic carbocycles. The van der Waals surface area contributed by atoms with Crippen molar-refractivity contribution in [2.45, 2.75) is 6.92 Å². The molecule has 0 aliphatic rings. The highest BCUT2D eigenvalue weighted by atomic mass is 15.1. The molecule has 60 valence electrons. The molecule has 1 rings (SSSR count). The zero-order valence-electron chi connectivity index (χ0n) is 6.86. The monoisotopic (exact) mass is 159 g/mol. The van der Waals surface area contributed by atoms with Gasteiger partial charge in [0.1, 0.15) is 0 Å². The molecule has 0 bridgehead atoms. The Morgan fingerprint density at radius 1 is 1.50 bits per heavy atom. The van der Waals surface area contributed by atoms with Gasteiger partial charge in [0.25, 0.3) is 0 Å². The van der Waals surface area contributed by atoms with Crippen LogP contribution >= 0.6 is 0 Å². The number of nitrogens with zero attached hydrogens (tertiary/aromatic N) is 3. The minimum Gasteiger partial charge on any atom is -0.0889 e. The number of azide groups is 1. The minimum absolute atomic E-state index is 0.468. The fourth-order valence-corrected chi connectivity index (χ4v) is 1.00. The molecule has 0 fully saturated rings. The first-order valence-electron chi connectivity index (χ1n) is 3.55. The average Bonchev–Trinajstić information content (AvgIpc) is 2.05. The molecule has 0 spiro atoms. The lowest BCUT2D eigenvalue weighted by Gasteiger charge is -2.01. The van der Waals surface area contributed by atoms with E-state index in [9.17, 15) is 0 Å². The molecular weight excluding hydrogens is 150 g/mol. The highest BCUT2D eigenvalue weighted by Crippen LogP contribution is 2.17. The van der Waals surface area contributed by atoms with Gasteiger partial charge in [-0.25, -0.2) is 0 Å². The smallest absolute Gasteiger partial charge is 0.0378 e. The van der Waals surface area contributed by atoms with Gasteiger partial charge in [-0.1, -0.05) is 36.0 Å². The quantitative estimate of drug-likeness (QED) is 0.361. The van der Waals surface area contributed by atoms with Crippen molar-refractivity contribution in [2.24, 2.45) is 5.11 Å². The molecule has 12 heavy (non-hydrogen) atoms. The molecule has 1 aromatic carbocycles. The maximum Gasteiger partial charge on any atom is 0.0378 e. The summed E-state index contributed by atoms with van der Waals surface area (Å²) < 4.78 is 0. The van der Waals surface area contributed by atoms with Crippen LogP contribution in [0.1, 0.15) is 11.1 Å². The summed E-state index contributed by atoms with van der Waals surface area (Å²) in [5, 5.41) is 3.44. The van der Waals surface area contributed by atoms with Crippen LogP contribution in [0.15, 0.2) is 36.0 Å². The van der Waals surface area contributed by atoms with E-state index in [0.29, 0.717) is 5.70 Å². The first-order valence-corrected chi connectivity index (χ1v) is 3.55. The van der Waals surface area contributed by atoms with E-state index in [-0.39, 0.29) is 0 Å². The summed E-state index contributed by atoms with van der Waals surface area (Å²) in [6.45, 7) is 5.61. The van der Waals surface area contributed by atoms with Crippen LogP contribution in [0.25, 0.3) is 16.1 Å². The van der Waals surface area contributed by atoms with Gasteiger partial charge < -0.3 is 0 Å². The number of hydrogen-bond acceptors (Lipinski definition) is 1. The summed E-state index contributed by atoms with van der Waals surface area (Å²) >= 11 is 0. The van der Waals surface area contributed by atoms with E-state index in [0.717, 1.165) is 11.1 Å². The second-order valence-corrected chi connectivity index (χ2v) is 2.45. The van der Waals surface area contributed by atoms with Crippen LogP contribution in [0.2, 0.25) is 0 Å². The van der Waals surface area contributed by atoms with E-state index >= 15 is 0 Å². The van der Waals surface area contributed by atoms with Gasteiger partial charge in [-0.3, -0.25) is 0 Å². The molecule has 0 heterocycles. The number of aryl methyl sites for hydroxylation is 1. The average molecular weight is 159 g/mol. The van der Waals surface area contributed by atoms with Crippen molar-refractivity contribution in [3.8, 4) is 0 Å². The largest absolute Gasteiger partial charge is 0.0889 e. The summed E-state index contributed by atoms with van der Waals surface area (Å²) in [4.78, 5) is 2.68. The molecule has 0 amide bonds. The molecule has 0 aromatic heterocycles. The third-order valence-electron chi connectivity index (χ3n) is 1.62. The van der Waals surface area contributed by atoms with Crippen molar-refractivity contribution >= 4 is 5.70 Å². The topological polar surface area (TPSA) is 48.8 Å². The lowest BCUT2D eigenvalue weighted by Crippen LogP contribution is -1.82. The van der Waals surface area contributed by atoms with Crippen LogP contribution < -0.4 is 0 Å². The van der Waals surface area contributed by atoms with Crippen LogP contribution in [0.5, 0.6) is 0 Å². The van der Waals surface area contributed by atoms with Gasteiger partial charge in [-0.15, -0.1) is 0 Å². The van der Waals surface area contributed by atoms with Crippen molar-refractivity contribution in [3.05, 3.63) is 52.4 Å². The van der Waals surface area contributed by atoms with Crippen LogP contribution in [0.4, 0.5) is 0 Å². The first kappa shape index (κ1) is 8.37. The Morgan fingerprint density at radius 3 is 2.75 bits per heavy atom. The molecule has 0 saturated carbocycles. The molecule has 0 saturated heterocycles. The van der Waals surface area contributed by atoms with Crippen LogP contribution in [-0.2, 0) is 0 Å². The van der Waals surface area contributed by atoms with Crippen molar-refractivity contribution in [1.82, 2.24) is 0 Å². The zero-order valence-corrected chi connectivity index (χ0v) is 6.86. The molecule has 0 radical (unpaired) electrons. The Kier molecular flexibility index (Phi) is 2.51. The third-order valence-corrected chi connectivity index (χ3v) is 1.62. The highest BCUT2D eigenvalue weighted by Gasteiger charge is 1.97. The Balaban J connectivity index is 3.11. The molecule has 3 heteroatoms. The van der Waals surface area contributed by atoms with Gasteiger partial charge in [0, 0.05) is 10.6 Å². The summed E-state index contributed by atoms with van der Waals surface area (Å²) in [5.41, 5.74) is 10.6. The summed E-state index contributed by atoms with van der Waals surface area (Å²) in [5.74, 6) is 0. The Bertz CT molecular complexity index is 349. The van der Waals surface area contributed by atoms with Crippen LogP contribution in [0.3, 0.4) is 0 Å². The lowest BCUT2D eigenvalue weighted by molar-refractivity contribution is 1.38. The lowest BCUT2D eigenvalue weighted by atomic mass is 10.1. The number of hydrogen-bond donors (Lipinski definition) is 0. The first-order chi connectivity index (χ1) is 5.75. The maximum absolute atomic E-state index is 8.19. The van der Waals surface area contributed by atoms with Gasteiger partial charge in [0.05, 0.1) is 0 Å². The highest BCUT2D eigenvalue weighted by molar-refractivity contribution is 5.64. The van der Waals surface area contributed by atoms with Crippen molar-refractivity contribution in [3.63, 3.8) is 0 Å². The van der Waals surface area contributed by atoms with Gasteiger partial charge in [0.15, 0.2) is 0 Å². The van der Waals surface area contributed by atoms with E-state index in [4.69, 9.17) is 5.53 Å². The fraction of sp³-hybridized carbons (Fsp3) is 0.111. The zero-order chi connectivity index (χ0) is 8.97. The predicted octanol–water partition coefficient (Wildman–Crippen LogP) is 3.28.